The van der Waals surface area contributed by atoms with Crippen LogP contribution in [0.25, 0.3) is 0 Å². The third-order valence-electron chi connectivity index (χ3n) is 2.82. The molecule has 9 heteroatoms. The zero-order chi connectivity index (χ0) is 16.5. The summed E-state index contributed by atoms with van der Waals surface area (Å²) >= 11 is 0. The highest BCUT2D eigenvalue weighted by atomic mass is 19.4. The van der Waals surface area contributed by atoms with Crippen LogP contribution in [0.3, 0.4) is 0 Å². The van der Waals surface area contributed by atoms with Crippen LogP contribution in [0.15, 0.2) is 24.4 Å². The van der Waals surface area contributed by atoms with E-state index in [1.807, 2.05) is 0 Å². The van der Waals surface area contributed by atoms with Gasteiger partial charge in [0.25, 0.3) is 5.69 Å². The largest absolute Gasteiger partial charge is 0.421 e. The van der Waals surface area contributed by atoms with Crippen molar-refractivity contribution in [1.29, 1.82) is 0 Å². The van der Waals surface area contributed by atoms with Gasteiger partial charge in [0.1, 0.15) is 22.9 Å². The summed E-state index contributed by atoms with van der Waals surface area (Å²) in [4.78, 5) is 17.6. The van der Waals surface area contributed by atoms with E-state index in [1.54, 1.807) is 13.0 Å². The monoisotopic (exact) mass is 312 g/mol. The van der Waals surface area contributed by atoms with E-state index in [0.717, 1.165) is 0 Å². The Morgan fingerprint density at radius 1 is 1.27 bits per heavy atom. The molecule has 0 unspecified atom stereocenters. The molecule has 0 amide bonds. The molecule has 1 aromatic carbocycles. The van der Waals surface area contributed by atoms with Gasteiger partial charge in [-0.3, -0.25) is 10.1 Å². The average molecular weight is 312 g/mol. The number of halogens is 3. The maximum Gasteiger partial charge on any atom is 0.421 e. The third kappa shape index (κ3) is 3.30. The molecule has 0 saturated heterocycles. The number of anilines is 2. The highest BCUT2D eigenvalue weighted by Gasteiger charge is 2.35. The van der Waals surface area contributed by atoms with Gasteiger partial charge in [-0.2, -0.15) is 13.2 Å². The topological polar surface area (TPSA) is 81.0 Å². The van der Waals surface area contributed by atoms with E-state index in [-0.39, 0.29) is 17.2 Å². The summed E-state index contributed by atoms with van der Waals surface area (Å²) < 4.78 is 38.9. The minimum Gasteiger partial charge on any atom is -0.334 e. The maximum absolute atomic E-state index is 13.0. The number of nitrogens with one attached hydrogen (secondary N) is 1. The molecule has 0 spiro atoms. The standard InChI is InChI=1S/C13H11F3N4O2/c1-7-3-4-10(11(5-7)20(21)22)19-12-9(13(14,15)16)6-17-8(2)18-12/h3-6H,1-2H3,(H,17,18,19). The van der Waals surface area contributed by atoms with Gasteiger partial charge in [-0.1, -0.05) is 6.07 Å². The lowest BCUT2D eigenvalue weighted by Crippen LogP contribution is -2.12. The molecule has 2 aromatic rings. The summed E-state index contributed by atoms with van der Waals surface area (Å²) in [5.41, 5.74) is -0.872. The van der Waals surface area contributed by atoms with Crippen LogP contribution >= 0.6 is 0 Å². The van der Waals surface area contributed by atoms with Gasteiger partial charge in [0.05, 0.1) is 4.92 Å². The number of nitrogens with zero attached hydrogens (tertiary/aromatic N) is 3. The van der Waals surface area contributed by atoms with Crippen molar-refractivity contribution in [2.75, 3.05) is 5.32 Å². The molecule has 0 aliphatic carbocycles. The second-order valence-electron chi connectivity index (χ2n) is 4.58. The fraction of sp³-hybridized carbons (Fsp3) is 0.231. The van der Waals surface area contributed by atoms with Crippen molar-refractivity contribution in [1.82, 2.24) is 9.97 Å². The lowest BCUT2D eigenvalue weighted by Gasteiger charge is -2.13. The molecule has 116 valence electrons. The minimum atomic E-state index is -4.67. The Balaban J connectivity index is 2.52. The molecule has 0 bridgehead atoms. The van der Waals surface area contributed by atoms with Crippen LogP contribution in [-0.4, -0.2) is 14.9 Å². The van der Waals surface area contributed by atoms with Crippen molar-refractivity contribution in [3.05, 3.63) is 51.5 Å². The van der Waals surface area contributed by atoms with Gasteiger partial charge in [0.15, 0.2) is 0 Å². The van der Waals surface area contributed by atoms with Crippen molar-refractivity contribution in [2.45, 2.75) is 20.0 Å². The molecule has 0 aliphatic heterocycles. The summed E-state index contributed by atoms with van der Waals surface area (Å²) in [6.45, 7) is 3.07. The number of aromatic nitrogens is 2. The quantitative estimate of drug-likeness (QED) is 0.689. The predicted molar refractivity (Wildman–Crippen MR) is 72.9 cm³/mol. The molecule has 1 N–H and O–H groups in total. The van der Waals surface area contributed by atoms with E-state index in [4.69, 9.17) is 0 Å². The third-order valence-corrected chi connectivity index (χ3v) is 2.82. The van der Waals surface area contributed by atoms with E-state index in [0.29, 0.717) is 11.8 Å². The fourth-order valence-corrected chi connectivity index (χ4v) is 1.80. The van der Waals surface area contributed by atoms with E-state index in [1.165, 1.54) is 19.1 Å². The van der Waals surface area contributed by atoms with E-state index in [2.05, 4.69) is 15.3 Å². The Kier molecular flexibility index (Phi) is 3.98. The first kappa shape index (κ1) is 15.7. The molecular weight excluding hydrogens is 301 g/mol. The Hall–Kier alpha value is -2.71. The van der Waals surface area contributed by atoms with Gasteiger partial charge in [0.2, 0.25) is 0 Å². The van der Waals surface area contributed by atoms with E-state index >= 15 is 0 Å². The second kappa shape index (κ2) is 5.58. The SMILES string of the molecule is Cc1ccc(Nc2nc(C)ncc2C(F)(F)F)c([N+](=O)[O-])c1. The number of nitro groups is 1. The van der Waals surface area contributed by atoms with Crippen molar-refractivity contribution in [3.63, 3.8) is 0 Å². The molecule has 2 rings (SSSR count). The number of nitro benzene ring substituents is 1. The fourth-order valence-electron chi connectivity index (χ4n) is 1.80. The molecule has 0 atom stereocenters. The van der Waals surface area contributed by atoms with E-state index < -0.39 is 22.5 Å². The number of aryl methyl sites for hydroxylation is 2. The van der Waals surface area contributed by atoms with E-state index in [9.17, 15) is 23.3 Å². The molecule has 1 aromatic heterocycles. The number of hydrogen-bond acceptors (Lipinski definition) is 5. The van der Waals surface area contributed by atoms with Gasteiger partial charge >= 0.3 is 6.18 Å². The molecule has 0 aliphatic rings. The summed E-state index contributed by atoms with van der Waals surface area (Å²) in [6.07, 6.45) is -4.03. The summed E-state index contributed by atoms with van der Waals surface area (Å²) in [6, 6.07) is 4.16. The van der Waals surface area contributed by atoms with Gasteiger partial charge < -0.3 is 5.32 Å². The highest BCUT2D eigenvalue weighted by Crippen LogP contribution is 2.36. The molecular formula is C13H11F3N4O2. The summed E-state index contributed by atoms with van der Waals surface area (Å²) in [5, 5.41) is 13.4. The summed E-state index contributed by atoms with van der Waals surface area (Å²) in [5.74, 6) is -0.405. The first-order valence-corrected chi connectivity index (χ1v) is 6.11. The Labute approximate surface area is 123 Å². The number of alkyl halides is 3. The van der Waals surface area contributed by atoms with Crippen LogP contribution in [0.5, 0.6) is 0 Å². The number of rotatable bonds is 3. The zero-order valence-electron chi connectivity index (χ0n) is 11.6. The average Bonchev–Trinajstić information content (AvgIpc) is 2.39. The predicted octanol–water partition coefficient (Wildman–Crippen LogP) is 3.76. The van der Waals surface area contributed by atoms with Crippen LogP contribution in [0.2, 0.25) is 0 Å². The molecule has 6 nitrogen and oxygen atoms in total. The van der Waals surface area contributed by atoms with Crippen LogP contribution in [0.1, 0.15) is 17.0 Å². The summed E-state index contributed by atoms with van der Waals surface area (Å²) in [7, 11) is 0. The van der Waals surface area contributed by atoms with Crippen LogP contribution < -0.4 is 5.32 Å². The highest BCUT2D eigenvalue weighted by molar-refractivity contribution is 5.70. The van der Waals surface area contributed by atoms with Crippen molar-refractivity contribution >= 4 is 17.2 Å². The van der Waals surface area contributed by atoms with Crippen LogP contribution in [0.4, 0.5) is 30.4 Å². The lowest BCUT2D eigenvalue weighted by molar-refractivity contribution is -0.384. The maximum atomic E-state index is 13.0. The van der Waals surface area contributed by atoms with Gasteiger partial charge in [0, 0.05) is 12.3 Å². The number of benzene rings is 1. The van der Waals surface area contributed by atoms with Crippen LogP contribution in [-0.2, 0) is 6.18 Å². The molecule has 1 heterocycles. The first-order valence-electron chi connectivity index (χ1n) is 6.11. The molecule has 0 radical (unpaired) electrons. The molecule has 0 fully saturated rings. The smallest absolute Gasteiger partial charge is 0.334 e. The Morgan fingerprint density at radius 3 is 2.55 bits per heavy atom. The normalized spacial score (nSPS) is 11.3. The van der Waals surface area contributed by atoms with Crippen molar-refractivity contribution in [2.24, 2.45) is 0 Å². The minimum absolute atomic E-state index is 0.0702. The first-order chi connectivity index (χ1) is 10.2. The van der Waals surface area contributed by atoms with Crippen LogP contribution in [0, 0.1) is 24.0 Å². The Morgan fingerprint density at radius 2 is 1.95 bits per heavy atom. The molecule has 22 heavy (non-hydrogen) atoms. The van der Waals surface area contributed by atoms with Crippen molar-refractivity contribution in [3.8, 4) is 0 Å². The second-order valence-corrected chi connectivity index (χ2v) is 4.58. The van der Waals surface area contributed by atoms with Gasteiger partial charge in [-0.05, 0) is 25.5 Å². The molecule has 0 saturated carbocycles. The van der Waals surface area contributed by atoms with Gasteiger partial charge in [-0.15, -0.1) is 0 Å². The van der Waals surface area contributed by atoms with Crippen molar-refractivity contribution < 1.29 is 18.1 Å². The number of hydrogen-bond donors (Lipinski definition) is 1. The lowest BCUT2D eigenvalue weighted by atomic mass is 10.2. The van der Waals surface area contributed by atoms with Gasteiger partial charge in [-0.25, -0.2) is 9.97 Å². The zero-order valence-corrected chi connectivity index (χ0v) is 11.6. The Bertz CT molecular complexity index is 732.